The molecule has 1 unspecified atom stereocenters. The fourth-order valence-electron chi connectivity index (χ4n) is 3.23. The van der Waals surface area contributed by atoms with E-state index in [4.69, 9.17) is 34.8 Å². The third-order valence-corrected chi connectivity index (χ3v) is 6.50. The number of benzene rings is 1. The van der Waals surface area contributed by atoms with Crippen molar-refractivity contribution >= 4 is 46.6 Å². The summed E-state index contributed by atoms with van der Waals surface area (Å²) >= 11 is 20.0. The predicted molar refractivity (Wildman–Crippen MR) is 106 cm³/mol. The lowest BCUT2D eigenvalue weighted by Crippen LogP contribution is -2.43. The normalized spacial score (nSPS) is 22.7. The summed E-state index contributed by atoms with van der Waals surface area (Å²) < 4.78 is 0. The van der Waals surface area contributed by atoms with E-state index in [2.05, 4.69) is 22.2 Å². The maximum atomic E-state index is 6.30. The molecule has 1 saturated heterocycles. The second-order valence-corrected chi connectivity index (χ2v) is 9.14. The molecule has 3 nitrogen and oxygen atoms in total. The maximum Gasteiger partial charge on any atom is 0.152 e. The number of rotatable bonds is 5. The van der Waals surface area contributed by atoms with Crippen LogP contribution in [0.25, 0.3) is 0 Å². The van der Waals surface area contributed by atoms with Crippen LogP contribution >= 0.6 is 46.6 Å². The Hall–Kier alpha value is -0.100. The van der Waals surface area contributed by atoms with Crippen LogP contribution in [0.15, 0.2) is 29.3 Å². The van der Waals surface area contributed by atoms with Gasteiger partial charge in [-0.1, -0.05) is 52.6 Å². The summed E-state index contributed by atoms with van der Waals surface area (Å²) in [6.07, 6.45) is 4.40. The number of halogens is 3. The van der Waals surface area contributed by atoms with E-state index in [9.17, 15) is 0 Å². The molecule has 0 spiro atoms. The van der Waals surface area contributed by atoms with Crippen molar-refractivity contribution in [3.63, 3.8) is 0 Å². The van der Waals surface area contributed by atoms with Gasteiger partial charge in [0, 0.05) is 40.3 Å². The monoisotopic (exact) mass is 405 g/mol. The minimum absolute atomic E-state index is 0.00667. The van der Waals surface area contributed by atoms with Crippen LogP contribution in [0.5, 0.6) is 0 Å². The van der Waals surface area contributed by atoms with Crippen molar-refractivity contribution in [2.75, 3.05) is 26.7 Å². The van der Waals surface area contributed by atoms with Crippen LogP contribution < -0.4 is 5.32 Å². The molecule has 0 saturated carbocycles. The summed E-state index contributed by atoms with van der Waals surface area (Å²) in [6, 6.07) is 6.34. The van der Waals surface area contributed by atoms with Gasteiger partial charge in [-0.05, 0) is 50.7 Å². The molecule has 7 heteroatoms. The smallest absolute Gasteiger partial charge is 0.152 e. The molecule has 0 aromatic heterocycles. The highest BCUT2D eigenvalue weighted by molar-refractivity contribution is 8.05. The molecule has 1 aromatic carbocycles. The number of nitrogens with zero attached hydrogens (tertiary/aromatic N) is 2. The summed E-state index contributed by atoms with van der Waals surface area (Å²) in [5, 5.41) is 4.57. The first-order valence-electron chi connectivity index (χ1n) is 8.13. The van der Waals surface area contributed by atoms with Gasteiger partial charge in [0.15, 0.2) is 4.83 Å². The maximum absolute atomic E-state index is 6.30. The second-order valence-electron chi connectivity index (χ2n) is 6.37. The van der Waals surface area contributed by atoms with Crippen molar-refractivity contribution in [3.05, 3.63) is 44.9 Å². The minimum atomic E-state index is -0.00667. The van der Waals surface area contributed by atoms with Gasteiger partial charge in [0.25, 0.3) is 0 Å². The van der Waals surface area contributed by atoms with Gasteiger partial charge >= 0.3 is 0 Å². The Morgan fingerprint density at radius 3 is 2.67 bits per heavy atom. The van der Waals surface area contributed by atoms with Crippen molar-refractivity contribution in [1.29, 1.82) is 0 Å². The van der Waals surface area contributed by atoms with Crippen molar-refractivity contribution in [2.24, 2.45) is 0 Å². The lowest BCUT2D eigenvalue weighted by Gasteiger charge is -2.37. The van der Waals surface area contributed by atoms with Crippen LogP contribution in [0, 0.1) is 0 Å². The molecule has 24 heavy (non-hydrogen) atoms. The number of alkyl halides is 1. The first-order valence-corrected chi connectivity index (χ1v) is 10.2. The molecule has 1 aromatic rings. The molecule has 2 aliphatic rings. The fourth-order valence-corrected chi connectivity index (χ4v) is 4.90. The van der Waals surface area contributed by atoms with Gasteiger partial charge in [0.1, 0.15) is 0 Å². The Morgan fingerprint density at radius 1 is 1.29 bits per heavy atom. The summed E-state index contributed by atoms with van der Waals surface area (Å²) in [4.78, 5) is 6.24. The second kappa shape index (κ2) is 8.52. The predicted octanol–water partition coefficient (Wildman–Crippen LogP) is 4.59. The molecule has 1 N–H and O–H groups in total. The Labute approximate surface area is 163 Å². The van der Waals surface area contributed by atoms with E-state index in [0.29, 0.717) is 11.1 Å². The molecule has 0 bridgehead atoms. The lowest BCUT2D eigenvalue weighted by molar-refractivity contribution is 0.130. The SMILES string of the molecule is CN(Cc1ccc(Cl)cc1Cl)C1CCN(CC2=CNC(Cl)S2)CC1. The summed E-state index contributed by atoms with van der Waals surface area (Å²) in [5.74, 6) is 0. The number of nitrogens with one attached hydrogen (secondary N) is 1. The minimum Gasteiger partial charge on any atom is -0.366 e. The topological polar surface area (TPSA) is 18.5 Å². The highest BCUT2D eigenvalue weighted by Gasteiger charge is 2.24. The van der Waals surface area contributed by atoms with E-state index in [0.717, 1.165) is 36.8 Å². The van der Waals surface area contributed by atoms with Crippen molar-refractivity contribution in [2.45, 2.75) is 30.3 Å². The fraction of sp³-hybridized carbons (Fsp3) is 0.529. The summed E-state index contributed by atoms with van der Waals surface area (Å²) in [7, 11) is 2.18. The summed E-state index contributed by atoms with van der Waals surface area (Å²) in [6.45, 7) is 4.10. The van der Waals surface area contributed by atoms with E-state index in [1.807, 2.05) is 24.4 Å². The van der Waals surface area contributed by atoms with Crippen LogP contribution in [0.3, 0.4) is 0 Å². The Bertz CT molecular complexity index is 603. The summed E-state index contributed by atoms with van der Waals surface area (Å²) in [5.41, 5.74) is 1.14. The van der Waals surface area contributed by atoms with Crippen molar-refractivity contribution in [1.82, 2.24) is 15.1 Å². The lowest BCUT2D eigenvalue weighted by atomic mass is 10.0. The molecule has 3 rings (SSSR count). The van der Waals surface area contributed by atoms with Gasteiger partial charge in [-0.3, -0.25) is 9.80 Å². The van der Waals surface area contributed by atoms with E-state index < -0.39 is 0 Å². The van der Waals surface area contributed by atoms with Crippen LogP contribution in [0.2, 0.25) is 10.0 Å². The molecular weight excluding hydrogens is 385 g/mol. The quantitative estimate of drug-likeness (QED) is 0.569. The zero-order chi connectivity index (χ0) is 17.1. The molecule has 1 atom stereocenters. The van der Waals surface area contributed by atoms with Gasteiger partial charge < -0.3 is 5.32 Å². The number of hydrogen-bond donors (Lipinski definition) is 1. The Morgan fingerprint density at radius 2 is 2.04 bits per heavy atom. The van der Waals surface area contributed by atoms with Crippen LogP contribution in [0.1, 0.15) is 18.4 Å². The molecule has 0 radical (unpaired) electrons. The molecule has 132 valence electrons. The molecule has 0 aliphatic carbocycles. The largest absolute Gasteiger partial charge is 0.366 e. The van der Waals surface area contributed by atoms with Crippen LogP contribution in [0.4, 0.5) is 0 Å². The first-order chi connectivity index (χ1) is 11.5. The average molecular weight is 407 g/mol. The number of piperidine rings is 1. The molecule has 2 aliphatic heterocycles. The zero-order valence-corrected chi connectivity index (χ0v) is 16.7. The number of hydrogen-bond acceptors (Lipinski definition) is 4. The number of thioether (sulfide) groups is 1. The van der Waals surface area contributed by atoms with Crippen LogP contribution in [-0.4, -0.2) is 47.4 Å². The van der Waals surface area contributed by atoms with E-state index in [1.165, 1.54) is 17.7 Å². The van der Waals surface area contributed by atoms with E-state index >= 15 is 0 Å². The number of likely N-dealkylation sites (tertiary alicyclic amines) is 1. The molecule has 1 fully saturated rings. The zero-order valence-electron chi connectivity index (χ0n) is 13.6. The van der Waals surface area contributed by atoms with Crippen LogP contribution in [-0.2, 0) is 6.54 Å². The van der Waals surface area contributed by atoms with Gasteiger partial charge in [-0.2, -0.15) is 0 Å². The highest BCUT2D eigenvalue weighted by atomic mass is 35.5. The molecule has 2 heterocycles. The average Bonchev–Trinajstić information content (AvgIpc) is 2.96. The standard InChI is InChI=1S/C17H22Cl3N3S/c1-22(10-12-2-3-13(18)8-16(12)19)14-4-6-23(7-5-14)11-15-9-21-17(20)24-15/h2-3,8-9,14,17,21H,4-7,10-11H2,1H3. The van der Waals surface area contributed by atoms with E-state index in [-0.39, 0.29) is 4.83 Å². The first kappa shape index (κ1) is 18.7. The van der Waals surface area contributed by atoms with Crippen molar-refractivity contribution in [3.8, 4) is 0 Å². The van der Waals surface area contributed by atoms with Gasteiger partial charge in [0.2, 0.25) is 0 Å². The molecular formula is C17H22Cl3N3S. The van der Waals surface area contributed by atoms with Gasteiger partial charge in [-0.25, -0.2) is 0 Å². The van der Waals surface area contributed by atoms with Gasteiger partial charge in [0.05, 0.1) is 0 Å². The van der Waals surface area contributed by atoms with E-state index in [1.54, 1.807) is 11.8 Å². The Balaban J connectivity index is 1.47. The third-order valence-electron chi connectivity index (χ3n) is 4.62. The van der Waals surface area contributed by atoms with Crippen molar-refractivity contribution < 1.29 is 0 Å². The van der Waals surface area contributed by atoms with Gasteiger partial charge in [-0.15, -0.1) is 0 Å². The Kier molecular flexibility index (Phi) is 6.63. The highest BCUT2D eigenvalue weighted by Crippen LogP contribution is 2.30. The molecule has 0 amide bonds. The third kappa shape index (κ3) is 4.96.